The molecule has 3 aliphatic rings. The van der Waals surface area contributed by atoms with Gasteiger partial charge in [0.05, 0.1) is 38.6 Å². The predicted octanol–water partition coefficient (Wildman–Crippen LogP) is 10.2. The molecule has 1 amide bonds. The normalized spacial score (nSPS) is 28.0. The van der Waals surface area contributed by atoms with Crippen LogP contribution in [0.2, 0.25) is 0 Å². The van der Waals surface area contributed by atoms with Crippen LogP contribution in [0.5, 0.6) is 0 Å². The molecule has 19 nitrogen and oxygen atoms in total. The van der Waals surface area contributed by atoms with Gasteiger partial charge >= 0.3 is 0 Å². The van der Waals surface area contributed by atoms with Gasteiger partial charge in [-0.3, -0.25) is 4.79 Å². The summed E-state index contributed by atoms with van der Waals surface area (Å²) in [6, 6.07) is -0.982. The Morgan fingerprint density at radius 3 is 1.14 bits per heavy atom. The van der Waals surface area contributed by atoms with Crippen molar-refractivity contribution in [3.63, 3.8) is 0 Å². The maximum atomic E-state index is 13.3. The van der Waals surface area contributed by atoms with E-state index in [1.807, 2.05) is 6.08 Å². The molecule has 12 N–H and O–H groups in total. The number of carbonyl (C=O) groups excluding carboxylic acids is 1. The summed E-state index contributed by atoms with van der Waals surface area (Å²) in [5.41, 5.74) is 0. The molecule has 0 radical (unpaired) electrons. The van der Waals surface area contributed by atoms with E-state index in [-0.39, 0.29) is 18.9 Å². The number of carbonyl (C=O) groups is 1. The Bertz CT molecular complexity index is 2240. The summed E-state index contributed by atoms with van der Waals surface area (Å²) in [5.74, 6) is -0.289. The van der Waals surface area contributed by atoms with E-state index in [0.717, 1.165) is 122 Å². The zero-order valence-corrected chi connectivity index (χ0v) is 57.3. The Morgan fingerprint density at radius 1 is 0.389 bits per heavy atom. The molecule has 0 saturated carbocycles. The predicted molar refractivity (Wildman–Crippen MR) is 373 cm³/mol. The molecule has 3 fully saturated rings. The smallest absolute Gasteiger partial charge is 0.220 e. The van der Waals surface area contributed by atoms with E-state index < -0.39 is 124 Å². The number of hydrogen-bond acceptors (Lipinski definition) is 18. The van der Waals surface area contributed by atoms with Crippen molar-refractivity contribution in [1.29, 1.82) is 0 Å². The highest BCUT2D eigenvalue weighted by Gasteiger charge is 2.53. The van der Waals surface area contributed by atoms with Crippen LogP contribution in [-0.4, -0.2) is 193 Å². The number of allylic oxidation sites excluding steroid dienone is 21. The van der Waals surface area contributed by atoms with Crippen LogP contribution >= 0.6 is 0 Å². The van der Waals surface area contributed by atoms with Crippen LogP contribution < -0.4 is 5.32 Å². The number of ether oxygens (including phenoxy) is 6. The van der Waals surface area contributed by atoms with Gasteiger partial charge < -0.3 is 89.9 Å². The average Bonchev–Trinajstić information content (AvgIpc) is 0.797. The van der Waals surface area contributed by atoms with Gasteiger partial charge in [-0.1, -0.05) is 237 Å². The van der Waals surface area contributed by atoms with Gasteiger partial charge in [0, 0.05) is 6.42 Å². The first-order valence-corrected chi connectivity index (χ1v) is 35.9. The SMILES string of the molecule is CC/C=C\C/C=C\C/C=C\C/C=C\C/C=C\C/C=C\C/C=C\C/C=C\C/C=C\C/C=C\CCCCCCCCCCCCC(=O)NC(COC1OC(CO)C(OC2OC(CO)C(OC3OC(CO)C(O)C(O)C3O)C(O)C2O)C(O)C1O)C(O)/C=C/CCCCCCCCC. The number of rotatable bonds is 53. The lowest BCUT2D eigenvalue weighted by Gasteiger charge is -2.48. The van der Waals surface area contributed by atoms with Crippen LogP contribution in [0.4, 0.5) is 0 Å². The minimum atomic E-state index is -1.98. The first kappa shape index (κ1) is 85.2. The van der Waals surface area contributed by atoms with Gasteiger partial charge in [-0.2, -0.15) is 0 Å². The third-order valence-electron chi connectivity index (χ3n) is 17.0. The number of nitrogens with one attached hydrogen (secondary N) is 1. The molecule has 3 heterocycles. The first-order chi connectivity index (χ1) is 46.3. The van der Waals surface area contributed by atoms with Gasteiger partial charge in [0.2, 0.25) is 5.91 Å². The third-order valence-corrected chi connectivity index (χ3v) is 17.0. The van der Waals surface area contributed by atoms with Gasteiger partial charge in [0.15, 0.2) is 18.9 Å². The fraction of sp³-hybridized carbons (Fsp3) is 0.697. The fourth-order valence-electron chi connectivity index (χ4n) is 11.2. The van der Waals surface area contributed by atoms with E-state index in [1.54, 1.807) is 6.08 Å². The quantitative estimate of drug-likeness (QED) is 0.0199. The molecule has 0 aromatic carbocycles. The van der Waals surface area contributed by atoms with Gasteiger partial charge in [-0.05, 0) is 96.3 Å². The maximum absolute atomic E-state index is 13.3. The topological polar surface area (TPSA) is 307 Å². The van der Waals surface area contributed by atoms with Crippen molar-refractivity contribution in [2.45, 2.75) is 311 Å². The Labute approximate surface area is 569 Å². The minimum absolute atomic E-state index is 0.229. The van der Waals surface area contributed by atoms with Crippen molar-refractivity contribution in [1.82, 2.24) is 5.32 Å². The summed E-state index contributed by atoms with van der Waals surface area (Å²) in [6.07, 6.45) is 51.8. The number of aliphatic hydroxyl groups is 11. The standard InChI is InChI=1S/C76H125NO18/c1-3-5-7-9-11-13-14-15-16-17-18-19-20-21-22-23-24-25-26-27-28-29-30-31-32-33-34-35-36-37-38-39-40-41-42-43-44-46-48-50-52-54-64(82)77-59(60(81)53-51-49-47-45-12-10-8-6-4-2)58-90-74-70(88)67(85)72(62(56-79)92-74)95-76-71(89)68(86)73(63(57-80)93-76)94-75-69(87)66(84)65(83)61(55-78)91-75/h5,7,11,13,15-16,18-19,21-22,24-25,27-28,30-31,33-34,36-37,51,53,59-63,65-76,78-81,83-89H,3-4,6,8-10,12,14,17,20,23,26,29,32,35,38-50,52,54-58H2,1-2H3,(H,77,82)/b7-5-,13-11-,16-15-,19-18-,22-21-,25-24-,28-27-,31-30-,34-33-,37-36-,53-51+. The Morgan fingerprint density at radius 2 is 0.726 bits per heavy atom. The molecule has 17 unspecified atom stereocenters. The second-order valence-corrected chi connectivity index (χ2v) is 25.0. The lowest BCUT2D eigenvalue weighted by molar-refractivity contribution is -0.379. The average molecular weight is 1340 g/mol. The van der Waals surface area contributed by atoms with Crippen LogP contribution in [0.25, 0.3) is 0 Å². The van der Waals surface area contributed by atoms with Gasteiger partial charge in [0.1, 0.15) is 73.2 Å². The summed E-state index contributed by atoms with van der Waals surface area (Å²) in [4.78, 5) is 13.3. The first-order valence-electron chi connectivity index (χ1n) is 35.9. The second kappa shape index (κ2) is 55.8. The Kier molecular flexibility index (Phi) is 50.0. The van der Waals surface area contributed by atoms with E-state index in [2.05, 4.69) is 141 Å². The van der Waals surface area contributed by atoms with Crippen LogP contribution in [0.15, 0.2) is 134 Å². The van der Waals surface area contributed by atoms with E-state index in [0.29, 0.717) is 6.42 Å². The highest BCUT2D eigenvalue weighted by atomic mass is 16.8. The largest absolute Gasteiger partial charge is 0.394 e. The Hall–Kier alpha value is -4.07. The Balaban J connectivity index is 1.30. The van der Waals surface area contributed by atoms with Crippen molar-refractivity contribution < 1.29 is 89.4 Å². The highest BCUT2D eigenvalue weighted by Crippen LogP contribution is 2.33. The van der Waals surface area contributed by atoms with E-state index in [1.165, 1.54) is 57.8 Å². The van der Waals surface area contributed by atoms with Gasteiger partial charge in [0.25, 0.3) is 0 Å². The van der Waals surface area contributed by atoms with Crippen LogP contribution in [0, 0.1) is 0 Å². The summed E-state index contributed by atoms with van der Waals surface area (Å²) in [7, 11) is 0. The van der Waals surface area contributed by atoms with E-state index >= 15 is 0 Å². The lowest BCUT2D eigenvalue weighted by atomic mass is 9.96. The number of unbranched alkanes of at least 4 members (excludes halogenated alkanes) is 17. The molecule has 0 aromatic rings. The van der Waals surface area contributed by atoms with Gasteiger partial charge in [-0.15, -0.1) is 0 Å². The maximum Gasteiger partial charge on any atom is 0.220 e. The van der Waals surface area contributed by atoms with Crippen LogP contribution in [0.3, 0.4) is 0 Å². The third kappa shape index (κ3) is 37.1. The van der Waals surface area contributed by atoms with Crippen molar-refractivity contribution in [2.75, 3.05) is 26.4 Å². The zero-order chi connectivity index (χ0) is 68.9. The van der Waals surface area contributed by atoms with Crippen LogP contribution in [0.1, 0.15) is 206 Å². The molecular formula is C76H125NO18. The molecular weight excluding hydrogens is 1210 g/mol. The van der Waals surface area contributed by atoms with Crippen LogP contribution in [-0.2, 0) is 33.2 Å². The monoisotopic (exact) mass is 1340 g/mol. The van der Waals surface area contributed by atoms with Crippen molar-refractivity contribution in [2.24, 2.45) is 0 Å². The molecule has 3 saturated heterocycles. The fourth-order valence-corrected chi connectivity index (χ4v) is 11.2. The highest BCUT2D eigenvalue weighted by molar-refractivity contribution is 5.76. The lowest BCUT2D eigenvalue weighted by Crippen LogP contribution is -2.66. The number of aliphatic hydroxyl groups excluding tert-OH is 11. The van der Waals surface area contributed by atoms with E-state index in [4.69, 9.17) is 28.4 Å². The number of amides is 1. The molecule has 0 aromatic heterocycles. The molecule has 3 aliphatic heterocycles. The molecule has 542 valence electrons. The van der Waals surface area contributed by atoms with Crippen molar-refractivity contribution >= 4 is 5.91 Å². The molecule has 0 spiro atoms. The molecule has 0 aliphatic carbocycles. The molecule has 19 heteroatoms. The molecule has 95 heavy (non-hydrogen) atoms. The van der Waals surface area contributed by atoms with E-state index in [9.17, 15) is 61.0 Å². The van der Waals surface area contributed by atoms with Gasteiger partial charge in [-0.25, -0.2) is 0 Å². The second-order valence-electron chi connectivity index (χ2n) is 25.0. The molecule has 0 bridgehead atoms. The number of hydrogen-bond donors (Lipinski definition) is 12. The minimum Gasteiger partial charge on any atom is -0.394 e. The summed E-state index contributed by atoms with van der Waals surface area (Å²) in [6.45, 7) is 1.54. The summed E-state index contributed by atoms with van der Waals surface area (Å²) < 4.78 is 34.2. The van der Waals surface area contributed by atoms with Crippen molar-refractivity contribution in [3.8, 4) is 0 Å². The zero-order valence-electron chi connectivity index (χ0n) is 57.3. The molecule has 3 rings (SSSR count). The van der Waals surface area contributed by atoms with Crippen molar-refractivity contribution in [3.05, 3.63) is 134 Å². The molecule has 17 atom stereocenters. The summed E-state index contributed by atoms with van der Waals surface area (Å²) in [5, 5.41) is 120. The summed E-state index contributed by atoms with van der Waals surface area (Å²) >= 11 is 0.